The summed E-state index contributed by atoms with van der Waals surface area (Å²) in [6, 6.07) is 24.3. The Morgan fingerprint density at radius 2 is 1.42 bits per heavy atom. The normalized spacial score (nSPS) is 34.7. The predicted octanol–water partition coefficient (Wildman–Crippen LogP) is 5.69. The van der Waals surface area contributed by atoms with Gasteiger partial charge < -0.3 is 38.3 Å². The van der Waals surface area contributed by atoms with Crippen molar-refractivity contribution in [1.29, 1.82) is 0 Å². The van der Waals surface area contributed by atoms with E-state index in [0.717, 1.165) is 0 Å². The summed E-state index contributed by atoms with van der Waals surface area (Å²) in [5.74, 6) is -6.18. The molecular formula is C50H55NO14. The molecule has 12 atom stereocenters. The topological polar surface area (TPSA) is 191 Å². The van der Waals surface area contributed by atoms with Crippen LogP contribution in [0.25, 0.3) is 0 Å². The Balaban J connectivity index is 1.30. The lowest BCUT2D eigenvalue weighted by atomic mass is 9.43. The van der Waals surface area contributed by atoms with Crippen LogP contribution in [-0.4, -0.2) is 107 Å². The fraction of sp³-hybridized carbons (Fsp3) is 0.480. The average Bonchev–Trinajstić information content (AvgIpc) is 3.68. The van der Waals surface area contributed by atoms with Gasteiger partial charge in [-0.15, -0.1) is 0 Å². The van der Waals surface area contributed by atoms with E-state index in [4.69, 9.17) is 33.2 Å². The quantitative estimate of drug-likeness (QED) is 0.157. The molecule has 344 valence electrons. The molecule has 65 heavy (non-hydrogen) atoms. The fourth-order valence-corrected chi connectivity index (χ4v) is 11.4. The number of esters is 4. The molecule has 5 aliphatic rings. The fourth-order valence-electron chi connectivity index (χ4n) is 11.4. The van der Waals surface area contributed by atoms with E-state index in [0.29, 0.717) is 16.7 Å². The minimum Gasteiger partial charge on any atom is -0.456 e. The van der Waals surface area contributed by atoms with Gasteiger partial charge in [-0.2, -0.15) is 0 Å². The van der Waals surface area contributed by atoms with Crippen molar-refractivity contribution < 1.29 is 67.0 Å². The number of ether oxygens (including phenoxy) is 7. The van der Waals surface area contributed by atoms with Crippen molar-refractivity contribution in [2.24, 2.45) is 22.7 Å². The molecule has 15 nitrogen and oxygen atoms in total. The predicted molar refractivity (Wildman–Crippen MR) is 229 cm³/mol. The molecule has 3 aliphatic carbocycles. The maximum Gasteiger partial charge on any atom is 0.338 e. The van der Waals surface area contributed by atoms with Crippen molar-refractivity contribution in [3.05, 3.63) is 119 Å². The van der Waals surface area contributed by atoms with E-state index >= 15 is 4.79 Å². The molecular weight excluding hydrogens is 839 g/mol. The third-order valence-corrected chi connectivity index (χ3v) is 14.8. The van der Waals surface area contributed by atoms with Crippen LogP contribution in [0.2, 0.25) is 0 Å². The number of fused-ring (bicyclic) bond motifs is 5. The maximum absolute atomic E-state index is 15.8. The summed E-state index contributed by atoms with van der Waals surface area (Å²) in [7, 11) is 1.34. The second kappa shape index (κ2) is 16.9. The Morgan fingerprint density at radius 3 is 1.97 bits per heavy atom. The van der Waals surface area contributed by atoms with Crippen molar-refractivity contribution in [3.8, 4) is 0 Å². The van der Waals surface area contributed by atoms with Gasteiger partial charge in [0.1, 0.15) is 23.9 Å². The summed E-state index contributed by atoms with van der Waals surface area (Å²) in [6.07, 6.45) is -8.41. The van der Waals surface area contributed by atoms with Crippen molar-refractivity contribution in [2.75, 3.05) is 13.7 Å². The van der Waals surface area contributed by atoms with Crippen LogP contribution >= 0.6 is 0 Å². The van der Waals surface area contributed by atoms with Gasteiger partial charge in [-0.05, 0) is 60.2 Å². The summed E-state index contributed by atoms with van der Waals surface area (Å²) >= 11 is 0. The number of aliphatic hydroxyl groups is 1. The van der Waals surface area contributed by atoms with Crippen molar-refractivity contribution in [1.82, 2.24) is 4.90 Å². The van der Waals surface area contributed by atoms with Gasteiger partial charge in [0.05, 0.1) is 24.1 Å². The number of amides is 1. The number of rotatable bonds is 9. The van der Waals surface area contributed by atoms with Gasteiger partial charge in [0, 0.05) is 43.8 Å². The first-order valence-corrected chi connectivity index (χ1v) is 21.9. The Labute approximate surface area is 377 Å². The SMILES string of the molecule is COC1O[C@@H](C(=O)O[C@H]2C[C@@]3(O)[C@@H](OC(=O)c4ccccc4)[C@@H]4[C@]5(OC(C)=O)CO[C@@H]5C[C@H](C)[C@@]4(C)C(=O)[C@H](OC(C)=O)C(=C2C)C3(C)C)[C@H](c2ccccc2)N1C(=O)c1ccccc1. The highest BCUT2D eigenvalue weighted by atomic mass is 16.7. The van der Waals surface area contributed by atoms with Crippen LogP contribution in [0, 0.1) is 22.7 Å². The van der Waals surface area contributed by atoms with Gasteiger partial charge in [0.25, 0.3) is 5.91 Å². The zero-order valence-corrected chi connectivity index (χ0v) is 37.7. The number of ketones is 1. The van der Waals surface area contributed by atoms with Crippen LogP contribution < -0.4 is 0 Å². The van der Waals surface area contributed by atoms with E-state index in [2.05, 4.69) is 0 Å². The molecule has 0 radical (unpaired) electrons. The number of hydrogen-bond donors (Lipinski definition) is 1. The molecule has 15 heteroatoms. The Bertz CT molecular complexity index is 2400. The van der Waals surface area contributed by atoms with Crippen molar-refractivity contribution in [3.63, 3.8) is 0 Å². The third kappa shape index (κ3) is 7.27. The summed E-state index contributed by atoms with van der Waals surface area (Å²) in [4.78, 5) is 87.0. The second-order valence-corrected chi connectivity index (χ2v) is 18.6. The lowest BCUT2D eigenvalue weighted by molar-refractivity contribution is -0.340. The molecule has 0 aromatic heterocycles. The van der Waals surface area contributed by atoms with Gasteiger partial charge in [0.15, 0.2) is 23.6 Å². The van der Waals surface area contributed by atoms with Gasteiger partial charge in [0.2, 0.25) is 6.41 Å². The molecule has 8 rings (SSSR count). The zero-order chi connectivity index (χ0) is 46.8. The van der Waals surface area contributed by atoms with Crippen molar-refractivity contribution >= 4 is 35.6 Å². The van der Waals surface area contributed by atoms with Crippen LogP contribution in [0.1, 0.15) is 93.6 Å². The summed E-state index contributed by atoms with van der Waals surface area (Å²) in [5.41, 5.74) is -5.57. The lowest BCUT2D eigenvalue weighted by Gasteiger charge is -2.68. The molecule has 2 saturated carbocycles. The molecule has 3 aromatic rings. The third-order valence-electron chi connectivity index (χ3n) is 14.8. The van der Waals surface area contributed by atoms with Gasteiger partial charge in [-0.1, -0.05) is 94.4 Å². The standard InChI is InChI=1S/C50H55NO14/c1-27-24-35-49(26-60-35,65-30(4)53)40-42(64-44(56)33-22-16-11-17-23-33)50(58)25-34(28(2)36(47(50,5)6)38(61-29(3)52)41(54)48(27,40)7)62-45(57)39-37(31-18-12-9-13-19-31)51(46(59-8)63-39)43(55)32-20-14-10-15-21-32/h9-23,27,34-35,37-40,42,46,58H,24-26H2,1-8H3/t27-,34-,35+,37-,38+,39+,40-,42-,46?,48+,49-,50+/m0/s1. The number of carbonyl (C=O) groups excluding carboxylic acids is 6. The smallest absolute Gasteiger partial charge is 0.338 e. The van der Waals surface area contributed by atoms with E-state index in [1.807, 2.05) is 6.92 Å². The molecule has 1 amide bonds. The van der Waals surface area contributed by atoms with Crippen LogP contribution in [0.4, 0.5) is 0 Å². The Hall–Kier alpha value is -5.74. The highest BCUT2D eigenvalue weighted by molar-refractivity contribution is 5.96. The van der Waals surface area contributed by atoms with E-state index < -0.39 is 119 Å². The van der Waals surface area contributed by atoms with E-state index in [1.165, 1.54) is 25.9 Å². The average molecular weight is 894 g/mol. The van der Waals surface area contributed by atoms with E-state index in [9.17, 15) is 29.1 Å². The largest absolute Gasteiger partial charge is 0.456 e. The minimum atomic E-state index is -2.26. The molecule has 2 bridgehead atoms. The number of methoxy groups -OCH3 is 1. The number of benzene rings is 3. The number of carbonyl (C=O) groups is 6. The first-order valence-electron chi connectivity index (χ1n) is 21.9. The molecule has 4 fully saturated rings. The molecule has 1 unspecified atom stereocenters. The molecule has 2 aliphatic heterocycles. The minimum absolute atomic E-state index is 0.145. The lowest BCUT2D eigenvalue weighted by Crippen LogP contribution is -2.80. The summed E-state index contributed by atoms with van der Waals surface area (Å²) in [6.45, 7) is 10.7. The van der Waals surface area contributed by atoms with Gasteiger partial charge in [-0.3, -0.25) is 24.1 Å². The number of nitrogens with zero attached hydrogens (tertiary/aromatic N) is 1. The molecule has 1 N–H and O–H groups in total. The van der Waals surface area contributed by atoms with Crippen LogP contribution in [0.5, 0.6) is 0 Å². The first-order chi connectivity index (χ1) is 30.8. The maximum atomic E-state index is 15.8. The highest BCUT2D eigenvalue weighted by Gasteiger charge is 2.78. The second-order valence-electron chi connectivity index (χ2n) is 18.6. The summed E-state index contributed by atoms with van der Waals surface area (Å²) < 4.78 is 43.2. The first kappa shape index (κ1) is 45.8. The molecule has 2 heterocycles. The number of Topliss-reactive ketones (excluding diaryl/α,β-unsaturated/α-hetero) is 1. The van der Waals surface area contributed by atoms with Crippen LogP contribution in [0.3, 0.4) is 0 Å². The highest BCUT2D eigenvalue weighted by Crippen LogP contribution is 2.65. The van der Waals surface area contributed by atoms with Gasteiger partial charge >= 0.3 is 23.9 Å². The van der Waals surface area contributed by atoms with E-state index in [-0.39, 0.29) is 24.2 Å². The van der Waals surface area contributed by atoms with Gasteiger partial charge in [-0.25, -0.2) is 9.59 Å². The molecule has 3 aromatic carbocycles. The number of hydrogen-bond acceptors (Lipinski definition) is 14. The zero-order valence-electron chi connectivity index (χ0n) is 37.7. The van der Waals surface area contributed by atoms with Crippen LogP contribution in [-0.2, 0) is 52.3 Å². The summed E-state index contributed by atoms with van der Waals surface area (Å²) in [5, 5.41) is 13.9. The van der Waals surface area contributed by atoms with E-state index in [1.54, 1.807) is 119 Å². The monoisotopic (exact) mass is 893 g/mol. The van der Waals surface area contributed by atoms with Crippen LogP contribution in [0.15, 0.2) is 102 Å². The Kier molecular flexibility index (Phi) is 11.9. The van der Waals surface area contributed by atoms with Crippen molar-refractivity contribution in [2.45, 2.75) is 115 Å². The Morgan fingerprint density at radius 1 is 0.815 bits per heavy atom. The molecule has 0 spiro atoms. The molecule has 2 saturated heterocycles.